The molecule has 2 aromatic rings. The van der Waals surface area contributed by atoms with Gasteiger partial charge >= 0.3 is 0 Å². The van der Waals surface area contributed by atoms with Gasteiger partial charge in [-0.15, -0.1) is 0 Å². The summed E-state index contributed by atoms with van der Waals surface area (Å²) in [5.74, 6) is 2.51. The SMILES string of the molecule is O=C(Nc1ccc(Br)cc1)[C@@H]1CCCN1C1=NC(=Nc2cc(C3CC3)[nH]n2)C2=CCCN2N1. The predicted octanol–water partition coefficient (Wildman–Crippen LogP) is 3.65. The molecule has 1 amide bonds. The number of hydrogen-bond acceptors (Lipinski definition) is 6. The highest BCUT2D eigenvalue weighted by Crippen LogP contribution is 2.40. The number of aromatic amines is 1. The number of amides is 1. The number of amidine groups is 1. The van der Waals surface area contributed by atoms with Gasteiger partial charge in [0.25, 0.3) is 0 Å². The molecule has 1 saturated carbocycles. The van der Waals surface area contributed by atoms with Gasteiger partial charge in [-0.2, -0.15) is 10.1 Å². The molecular formula is C23H25BrN8O. The van der Waals surface area contributed by atoms with Gasteiger partial charge in [-0.1, -0.05) is 22.0 Å². The zero-order chi connectivity index (χ0) is 22.4. The number of anilines is 1. The number of aliphatic imine (C=N–C) groups is 2. The van der Waals surface area contributed by atoms with Gasteiger partial charge in [0.15, 0.2) is 11.7 Å². The maximum atomic E-state index is 13.1. The Balaban J connectivity index is 1.25. The van der Waals surface area contributed by atoms with E-state index < -0.39 is 0 Å². The number of benzene rings is 1. The van der Waals surface area contributed by atoms with Crippen molar-refractivity contribution in [3.05, 3.63) is 52.3 Å². The minimum atomic E-state index is -0.291. The summed E-state index contributed by atoms with van der Waals surface area (Å²) in [6.45, 7) is 1.60. The second-order valence-corrected chi connectivity index (χ2v) is 9.73. The average Bonchev–Trinajstić information content (AvgIpc) is 3.20. The van der Waals surface area contributed by atoms with E-state index in [1.165, 1.54) is 12.8 Å². The summed E-state index contributed by atoms with van der Waals surface area (Å²) in [5, 5.41) is 12.6. The van der Waals surface area contributed by atoms with Crippen molar-refractivity contribution in [2.75, 3.05) is 18.4 Å². The number of hydrazine groups is 1. The van der Waals surface area contributed by atoms with Crippen LogP contribution in [-0.4, -0.2) is 56.9 Å². The second kappa shape index (κ2) is 8.33. The first kappa shape index (κ1) is 20.5. The monoisotopic (exact) mass is 508 g/mol. The first-order valence-electron chi connectivity index (χ1n) is 11.4. The molecule has 10 heteroatoms. The molecule has 1 aromatic heterocycles. The number of carbonyl (C=O) groups is 1. The maximum Gasteiger partial charge on any atom is 0.247 e. The molecule has 1 aliphatic carbocycles. The third kappa shape index (κ3) is 4.15. The van der Waals surface area contributed by atoms with E-state index in [1.807, 2.05) is 30.3 Å². The Morgan fingerprint density at radius 3 is 2.85 bits per heavy atom. The first-order valence-corrected chi connectivity index (χ1v) is 12.2. The van der Waals surface area contributed by atoms with Crippen molar-refractivity contribution in [3.8, 4) is 0 Å². The largest absolute Gasteiger partial charge is 0.329 e. The summed E-state index contributed by atoms with van der Waals surface area (Å²) in [5.41, 5.74) is 6.30. The summed E-state index contributed by atoms with van der Waals surface area (Å²) in [6.07, 6.45) is 7.19. The molecule has 0 radical (unpaired) electrons. The van der Waals surface area contributed by atoms with Crippen LogP contribution in [0.4, 0.5) is 11.5 Å². The van der Waals surface area contributed by atoms with Gasteiger partial charge in [0, 0.05) is 40.9 Å². The van der Waals surface area contributed by atoms with Crippen LogP contribution in [0, 0.1) is 0 Å². The van der Waals surface area contributed by atoms with Crippen molar-refractivity contribution in [2.45, 2.75) is 44.1 Å². The third-order valence-electron chi connectivity index (χ3n) is 6.42. The third-order valence-corrected chi connectivity index (χ3v) is 6.95. The van der Waals surface area contributed by atoms with E-state index in [2.05, 4.69) is 52.9 Å². The van der Waals surface area contributed by atoms with Crippen LogP contribution in [0.3, 0.4) is 0 Å². The lowest BCUT2D eigenvalue weighted by atomic mass is 10.2. The van der Waals surface area contributed by atoms with Crippen molar-refractivity contribution in [2.24, 2.45) is 9.98 Å². The number of carbonyl (C=O) groups excluding carboxylic acids is 1. The fourth-order valence-corrected chi connectivity index (χ4v) is 4.81. The standard InChI is InChI=1S/C23H25BrN8O/c24-15-7-9-16(10-8-15)25-22(33)19-4-1-11-31(19)23-27-21(18-3-2-12-32(18)30-23)26-20-13-17(28-29-20)14-5-6-14/h3,7-10,13-14,19H,1-2,4-6,11-12H2,(H,25,33)(H2,26,27,28,29,30)/t19-/m0/s1. The van der Waals surface area contributed by atoms with Crippen LogP contribution in [0.25, 0.3) is 0 Å². The highest BCUT2D eigenvalue weighted by Gasteiger charge is 2.37. The zero-order valence-corrected chi connectivity index (χ0v) is 19.7. The second-order valence-electron chi connectivity index (χ2n) is 8.82. The lowest BCUT2D eigenvalue weighted by Crippen LogP contribution is -2.56. The number of fused-ring (bicyclic) bond motifs is 1. The number of rotatable bonds is 4. The van der Waals surface area contributed by atoms with Crippen molar-refractivity contribution in [1.29, 1.82) is 0 Å². The minimum Gasteiger partial charge on any atom is -0.329 e. The van der Waals surface area contributed by atoms with E-state index in [1.54, 1.807) is 0 Å². The van der Waals surface area contributed by atoms with Crippen LogP contribution < -0.4 is 10.7 Å². The first-order chi connectivity index (χ1) is 16.1. The Bertz CT molecular complexity index is 1160. The number of H-pyrrole nitrogens is 1. The number of nitrogens with zero attached hydrogens (tertiary/aromatic N) is 5. The molecule has 1 atom stereocenters. The summed E-state index contributed by atoms with van der Waals surface area (Å²) in [6, 6.07) is 9.35. The number of likely N-dealkylation sites (tertiary alicyclic amines) is 1. The number of aromatic nitrogens is 2. The van der Waals surface area contributed by atoms with Gasteiger partial charge < -0.3 is 10.2 Å². The Hall–Kier alpha value is -3.14. The van der Waals surface area contributed by atoms with Gasteiger partial charge in [-0.05, 0) is 56.4 Å². The van der Waals surface area contributed by atoms with Gasteiger partial charge in [0.05, 0.1) is 5.70 Å². The van der Waals surface area contributed by atoms with Crippen LogP contribution in [0.5, 0.6) is 0 Å². The van der Waals surface area contributed by atoms with Crippen LogP contribution >= 0.6 is 15.9 Å². The molecule has 3 N–H and O–H groups in total. The van der Waals surface area contributed by atoms with E-state index in [9.17, 15) is 4.79 Å². The number of guanidine groups is 1. The van der Waals surface area contributed by atoms with Gasteiger partial charge in [0.1, 0.15) is 6.04 Å². The molecule has 1 saturated heterocycles. The highest BCUT2D eigenvalue weighted by atomic mass is 79.9. The molecule has 3 aliphatic heterocycles. The summed E-state index contributed by atoms with van der Waals surface area (Å²) in [7, 11) is 0. The number of halogens is 1. The Labute approximate surface area is 200 Å². The number of nitrogens with one attached hydrogen (secondary N) is 3. The number of hydrogen-bond donors (Lipinski definition) is 3. The quantitative estimate of drug-likeness (QED) is 0.585. The van der Waals surface area contributed by atoms with Crippen molar-refractivity contribution in [1.82, 2.24) is 25.5 Å². The van der Waals surface area contributed by atoms with Gasteiger partial charge in [0.2, 0.25) is 11.9 Å². The van der Waals surface area contributed by atoms with Crippen LogP contribution in [0.2, 0.25) is 0 Å². The zero-order valence-electron chi connectivity index (χ0n) is 18.1. The molecule has 4 heterocycles. The molecule has 1 aromatic carbocycles. The fraction of sp³-hybridized carbons (Fsp3) is 0.391. The van der Waals surface area contributed by atoms with Crippen molar-refractivity contribution >= 4 is 45.1 Å². The van der Waals surface area contributed by atoms with Crippen LogP contribution in [0.1, 0.15) is 43.7 Å². The Kier molecular flexibility index (Phi) is 5.17. The van der Waals surface area contributed by atoms with Crippen LogP contribution in [0.15, 0.2) is 56.6 Å². The Morgan fingerprint density at radius 2 is 2.03 bits per heavy atom. The fourth-order valence-electron chi connectivity index (χ4n) is 4.55. The molecule has 0 bridgehead atoms. The average molecular weight is 509 g/mol. The molecular weight excluding hydrogens is 484 g/mol. The summed E-state index contributed by atoms with van der Waals surface area (Å²) < 4.78 is 0.978. The molecule has 2 fully saturated rings. The molecule has 6 rings (SSSR count). The van der Waals surface area contributed by atoms with Crippen molar-refractivity contribution in [3.63, 3.8) is 0 Å². The van der Waals surface area contributed by atoms with Gasteiger partial charge in [-0.3, -0.25) is 20.3 Å². The van der Waals surface area contributed by atoms with Crippen LogP contribution in [-0.2, 0) is 4.79 Å². The minimum absolute atomic E-state index is 0.0260. The molecule has 0 spiro atoms. The predicted molar refractivity (Wildman–Crippen MR) is 130 cm³/mol. The van der Waals surface area contributed by atoms with E-state index in [0.29, 0.717) is 23.5 Å². The normalized spacial score (nSPS) is 23.3. The van der Waals surface area contributed by atoms with E-state index >= 15 is 0 Å². The molecule has 0 unspecified atom stereocenters. The lowest BCUT2D eigenvalue weighted by Gasteiger charge is -2.35. The highest BCUT2D eigenvalue weighted by molar-refractivity contribution is 9.10. The molecule has 9 nitrogen and oxygen atoms in total. The smallest absolute Gasteiger partial charge is 0.247 e. The molecule has 4 aliphatic rings. The van der Waals surface area contributed by atoms with E-state index in [4.69, 9.17) is 9.98 Å². The van der Waals surface area contributed by atoms with Gasteiger partial charge in [-0.25, -0.2) is 4.99 Å². The lowest BCUT2D eigenvalue weighted by molar-refractivity contribution is -0.119. The summed E-state index contributed by atoms with van der Waals surface area (Å²) >= 11 is 3.43. The van der Waals surface area contributed by atoms with Crippen molar-refractivity contribution < 1.29 is 4.79 Å². The topological polar surface area (TPSA) is 101 Å². The van der Waals surface area contributed by atoms with E-state index in [0.717, 1.165) is 53.9 Å². The maximum absolute atomic E-state index is 13.1. The van der Waals surface area contributed by atoms with E-state index in [-0.39, 0.29) is 11.9 Å². The molecule has 33 heavy (non-hydrogen) atoms. The summed E-state index contributed by atoms with van der Waals surface area (Å²) in [4.78, 5) is 24.8. The Morgan fingerprint density at radius 1 is 1.18 bits per heavy atom. The molecule has 170 valence electrons.